The molecule has 1 N–H and O–H groups in total. The fourth-order valence-corrected chi connectivity index (χ4v) is 6.50. The predicted molar refractivity (Wildman–Crippen MR) is 166 cm³/mol. The predicted octanol–water partition coefficient (Wildman–Crippen LogP) is 5.96. The van der Waals surface area contributed by atoms with Crippen molar-refractivity contribution in [1.82, 2.24) is 15.1 Å². The van der Waals surface area contributed by atoms with E-state index in [0.29, 0.717) is 38.9 Å². The van der Waals surface area contributed by atoms with Gasteiger partial charge in [-0.15, -0.1) is 0 Å². The monoisotopic (exact) mass is 617 g/mol. The van der Waals surface area contributed by atoms with Crippen LogP contribution in [0.3, 0.4) is 0 Å². The SMILES string of the molecule is CC(=O)N1CC2CC(c3ccc(CCCOc4c(F)ccc(F)c4F)cc3)=C(C(=O)N(Cc3cccc(C)c3)C3CC3)C(C1)N2. The maximum Gasteiger partial charge on any atom is 0.252 e. The number of carbonyl (C=O) groups is 2. The number of hydrogen-bond donors (Lipinski definition) is 1. The van der Waals surface area contributed by atoms with Crippen molar-refractivity contribution in [1.29, 1.82) is 0 Å². The van der Waals surface area contributed by atoms with Gasteiger partial charge in [0.1, 0.15) is 0 Å². The molecule has 3 aliphatic rings. The number of ether oxygens (including phenoxy) is 1. The van der Waals surface area contributed by atoms with E-state index in [9.17, 15) is 22.8 Å². The first-order valence-electron chi connectivity index (χ1n) is 15.6. The van der Waals surface area contributed by atoms with Gasteiger partial charge in [-0.3, -0.25) is 9.59 Å². The molecule has 1 saturated heterocycles. The van der Waals surface area contributed by atoms with Crippen LogP contribution < -0.4 is 10.1 Å². The number of rotatable bonds is 10. The zero-order chi connectivity index (χ0) is 31.7. The molecule has 0 spiro atoms. The number of carbonyl (C=O) groups excluding carboxylic acids is 2. The lowest BCUT2D eigenvalue weighted by Crippen LogP contribution is -2.61. The van der Waals surface area contributed by atoms with E-state index in [2.05, 4.69) is 30.4 Å². The van der Waals surface area contributed by atoms with Crippen LogP contribution in [0, 0.1) is 24.4 Å². The Morgan fingerprint density at radius 1 is 0.978 bits per heavy atom. The molecule has 2 fully saturated rings. The Labute approximate surface area is 261 Å². The molecule has 2 atom stereocenters. The Morgan fingerprint density at radius 3 is 2.44 bits per heavy atom. The summed E-state index contributed by atoms with van der Waals surface area (Å²) >= 11 is 0. The minimum Gasteiger partial charge on any atom is -0.488 e. The largest absolute Gasteiger partial charge is 0.488 e. The summed E-state index contributed by atoms with van der Waals surface area (Å²) in [7, 11) is 0. The topological polar surface area (TPSA) is 61.9 Å². The molecule has 236 valence electrons. The molecule has 6 nitrogen and oxygen atoms in total. The molecule has 1 aliphatic carbocycles. The van der Waals surface area contributed by atoms with Crippen LogP contribution in [0.4, 0.5) is 13.2 Å². The first kappa shape index (κ1) is 30.9. The summed E-state index contributed by atoms with van der Waals surface area (Å²) in [4.78, 5) is 30.7. The summed E-state index contributed by atoms with van der Waals surface area (Å²) in [6.07, 6.45) is 3.67. The van der Waals surface area contributed by atoms with E-state index in [1.54, 1.807) is 6.92 Å². The second kappa shape index (κ2) is 13.1. The van der Waals surface area contributed by atoms with Crippen molar-refractivity contribution in [3.8, 4) is 5.75 Å². The fraction of sp³-hybridized carbons (Fsp3) is 0.389. The number of benzene rings is 3. The number of piperazine rings is 1. The van der Waals surface area contributed by atoms with Crippen molar-refractivity contribution >= 4 is 17.4 Å². The summed E-state index contributed by atoms with van der Waals surface area (Å²) < 4.78 is 46.4. The van der Waals surface area contributed by atoms with Crippen molar-refractivity contribution in [3.63, 3.8) is 0 Å². The molecule has 2 heterocycles. The summed E-state index contributed by atoms with van der Waals surface area (Å²) in [5.74, 6) is -4.08. The van der Waals surface area contributed by atoms with Crippen LogP contribution in [-0.2, 0) is 22.6 Å². The number of nitrogens with zero attached hydrogens (tertiary/aromatic N) is 2. The highest BCUT2D eigenvalue weighted by Crippen LogP contribution is 2.37. The lowest BCUT2D eigenvalue weighted by Gasteiger charge is -2.44. The van der Waals surface area contributed by atoms with Crippen molar-refractivity contribution in [2.75, 3.05) is 19.7 Å². The van der Waals surface area contributed by atoms with Gasteiger partial charge in [0.05, 0.1) is 12.6 Å². The Kier molecular flexibility index (Phi) is 8.99. The van der Waals surface area contributed by atoms with E-state index >= 15 is 0 Å². The number of fused-ring (bicyclic) bond motifs is 2. The minimum atomic E-state index is -1.32. The molecule has 2 aliphatic heterocycles. The lowest BCUT2D eigenvalue weighted by molar-refractivity contribution is -0.132. The molecule has 0 aromatic heterocycles. The number of amides is 2. The smallest absolute Gasteiger partial charge is 0.252 e. The molecule has 3 aromatic carbocycles. The van der Waals surface area contributed by atoms with Crippen LogP contribution in [0.15, 0.2) is 66.2 Å². The summed E-state index contributed by atoms with van der Waals surface area (Å²) in [5, 5.41) is 3.64. The van der Waals surface area contributed by atoms with E-state index < -0.39 is 23.2 Å². The van der Waals surface area contributed by atoms with Crippen molar-refractivity contribution in [2.45, 2.75) is 70.6 Å². The van der Waals surface area contributed by atoms with Gasteiger partial charge in [-0.25, -0.2) is 8.78 Å². The van der Waals surface area contributed by atoms with Crippen molar-refractivity contribution in [3.05, 3.63) is 106 Å². The van der Waals surface area contributed by atoms with Gasteiger partial charge in [0.15, 0.2) is 17.4 Å². The van der Waals surface area contributed by atoms with Gasteiger partial charge in [0.2, 0.25) is 11.7 Å². The highest BCUT2D eigenvalue weighted by atomic mass is 19.2. The summed E-state index contributed by atoms with van der Waals surface area (Å²) in [5.41, 5.74) is 5.98. The maximum atomic E-state index is 14.5. The lowest BCUT2D eigenvalue weighted by atomic mass is 9.82. The highest BCUT2D eigenvalue weighted by Gasteiger charge is 2.43. The molecular formula is C36H38F3N3O3. The van der Waals surface area contributed by atoms with E-state index in [1.165, 1.54) is 0 Å². The molecule has 1 saturated carbocycles. The van der Waals surface area contributed by atoms with Gasteiger partial charge in [-0.1, -0.05) is 54.1 Å². The van der Waals surface area contributed by atoms with Crippen LogP contribution in [0.5, 0.6) is 5.75 Å². The Hall–Kier alpha value is -4.11. The van der Waals surface area contributed by atoms with Gasteiger partial charge < -0.3 is 19.9 Å². The molecule has 6 rings (SSSR count). The van der Waals surface area contributed by atoms with E-state index in [0.717, 1.165) is 58.4 Å². The Bertz CT molecular complexity index is 1620. The number of nitrogens with one attached hydrogen (secondary N) is 1. The van der Waals surface area contributed by atoms with E-state index in [4.69, 9.17) is 4.74 Å². The zero-order valence-electron chi connectivity index (χ0n) is 25.6. The third-order valence-corrected chi connectivity index (χ3v) is 8.92. The molecule has 3 aromatic rings. The van der Waals surface area contributed by atoms with E-state index in [-0.39, 0.29) is 36.5 Å². The molecule has 2 unspecified atom stereocenters. The Balaban J connectivity index is 1.22. The van der Waals surface area contributed by atoms with Gasteiger partial charge >= 0.3 is 0 Å². The van der Waals surface area contributed by atoms with Crippen LogP contribution >= 0.6 is 0 Å². The number of halogens is 3. The van der Waals surface area contributed by atoms with E-state index in [1.807, 2.05) is 40.1 Å². The third-order valence-electron chi connectivity index (χ3n) is 8.92. The normalized spacial score (nSPS) is 19.4. The molecule has 2 bridgehead atoms. The molecule has 9 heteroatoms. The Morgan fingerprint density at radius 2 is 1.73 bits per heavy atom. The minimum absolute atomic E-state index is 0.0109. The van der Waals surface area contributed by atoms with Crippen LogP contribution in [-0.4, -0.2) is 59.4 Å². The van der Waals surface area contributed by atoms with Crippen LogP contribution in [0.2, 0.25) is 0 Å². The zero-order valence-corrected chi connectivity index (χ0v) is 25.6. The third kappa shape index (κ3) is 6.93. The fourth-order valence-electron chi connectivity index (χ4n) is 6.50. The van der Waals surface area contributed by atoms with Gasteiger partial charge in [0, 0.05) is 44.2 Å². The molecule has 45 heavy (non-hydrogen) atoms. The first-order valence-corrected chi connectivity index (χ1v) is 15.6. The van der Waals surface area contributed by atoms with Crippen LogP contribution in [0.25, 0.3) is 5.57 Å². The standard InChI is InChI=1S/C36H38F3N3O3/c1-22-5-3-6-25(17-22)19-42(28-12-13-28)36(44)33-29(18-27-20-41(23(2)43)21-32(33)40-27)26-10-8-24(9-11-26)7-4-16-45-35-31(38)15-14-30(37)34(35)39/h3,5-6,8-11,14-15,17,27-28,32,40H,4,7,12-13,16,18-21H2,1-2H3. The van der Waals surface area contributed by atoms with Gasteiger partial charge in [0.25, 0.3) is 5.91 Å². The summed E-state index contributed by atoms with van der Waals surface area (Å²) in [6, 6.07) is 17.9. The first-order chi connectivity index (χ1) is 21.7. The summed E-state index contributed by atoms with van der Waals surface area (Å²) in [6.45, 7) is 5.25. The van der Waals surface area contributed by atoms with Gasteiger partial charge in [-0.2, -0.15) is 4.39 Å². The quantitative estimate of drug-likeness (QED) is 0.225. The van der Waals surface area contributed by atoms with Crippen molar-refractivity contribution < 1.29 is 27.5 Å². The second-order valence-corrected chi connectivity index (χ2v) is 12.4. The second-order valence-electron chi connectivity index (χ2n) is 12.4. The molecular weight excluding hydrogens is 579 g/mol. The maximum absolute atomic E-state index is 14.5. The number of hydrogen-bond acceptors (Lipinski definition) is 4. The average Bonchev–Trinajstić information content (AvgIpc) is 3.86. The number of aryl methyl sites for hydroxylation is 2. The van der Waals surface area contributed by atoms with Gasteiger partial charge in [-0.05, 0) is 73.4 Å². The highest BCUT2D eigenvalue weighted by molar-refractivity contribution is 6.03. The van der Waals surface area contributed by atoms with Crippen molar-refractivity contribution in [2.24, 2.45) is 0 Å². The van der Waals surface area contributed by atoms with Crippen LogP contribution in [0.1, 0.15) is 54.9 Å². The average molecular weight is 618 g/mol. The molecule has 2 amide bonds. The molecule has 0 radical (unpaired) electrons.